The lowest BCUT2D eigenvalue weighted by molar-refractivity contribution is -0.0435. The number of methoxy groups -OCH3 is 1. The lowest BCUT2D eigenvalue weighted by atomic mass is 10.1. The van der Waals surface area contributed by atoms with Crippen molar-refractivity contribution >= 4 is 15.5 Å². The Morgan fingerprint density at radius 1 is 1.15 bits per heavy atom. The van der Waals surface area contributed by atoms with E-state index in [0.717, 1.165) is 12.1 Å². The second kappa shape index (κ2) is 7.02. The number of benzene rings is 2. The van der Waals surface area contributed by atoms with Crippen LogP contribution in [0.15, 0.2) is 41.3 Å². The van der Waals surface area contributed by atoms with Gasteiger partial charge in [0.1, 0.15) is 22.2 Å². The minimum atomic E-state index is -5.77. The maximum absolute atomic E-state index is 13.4. The van der Waals surface area contributed by atoms with Gasteiger partial charge in [0.15, 0.2) is 0 Å². The molecule has 2 rings (SSSR count). The van der Waals surface area contributed by atoms with E-state index in [9.17, 15) is 31.1 Å². The number of hydrogen-bond acceptors (Lipinski definition) is 5. The third-order valence-electron chi connectivity index (χ3n) is 3.61. The highest BCUT2D eigenvalue weighted by Gasteiger charge is 2.48. The van der Waals surface area contributed by atoms with Gasteiger partial charge in [0, 0.05) is 5.56 Å². The molecule has 0 heterocycles. The normalized spacial score (nSPS) is 13.3. The van der Waals surface area contributed by atoms with Gasteiger partial charge in [-0.15, -0.1) is 0 Å². The number of sulfone groups is 1. The summed E-state index contributed by atoms with van der Waals surface area (Å²) >= 11 is 0. The smallest absolute Gasteiger partial charge is 0.501 e. The Balaban J connectivity index is 2.48. The van der Waals surface area contributed by atoms with Crippen LogP contribution in [0.2, 0.25) is 0 Å². The number of ether oxygens (including phenoxy) is 1. The zero-order chi connectivity index (χ0) is 19.7. The van der Waals surface area contributed by atoms with E-state index >= 15 is 0 Å². The summed E-state index contributed by atoms with van der Waals surface area (Å²) in [5, 5.41) is 12.5. The number of phenols is 1. The summed E-state index contributed by atoms with van der Waals surface area (Å²) in [6.45, 7) is 1.49. The first kappa shape index (κ1) is 19.8. The minimum absolute atomic E-state index is 0.173. The van der Waals surface area contributed by atoms with Gasteiger partial charge in [-0.25, -0.2) is 12.8 Å². The lowest BCUT2D eigenvalue weighted by Gasteiger charge is -2.20. The molecule has 0 aliphatic heterocycles. The molecule has 0 spiro atoms. The van der Waals surface area contributed by atoms with Gasteiger partial charge in [0.2, 0.25) is 0 Å². The Hall–Kier alpha value is -2.49. The number of nitrogens with one attached hydrogen (secondary N) is 1. The molecule has 0 aromatic heterocycles. The van der Waals surface area contributed by atoms with Gasteiger partial charge in [0.05, 0.1) is 18.8 Å². The van der Waals surface area contributed by atoms with Crippen LogP contribution < -0.4 is 10.1 Å². The predicted octanol–water partition coefficient (Wildman–Crippen LogP) is 4.01. The van der Waals surface area contributed by atoms with Gasteiger partial charge >= 0.3 is 5.51 Å². The first-order valence-electron chi connectivity index (χ1n) is 7.21. The molecule has 0 bridgehead atoms. The number of rotatable bonds is 5. The van der Waals surface area contributed by atoms with Crippen LogP contribution in [0, 0.1) is 5.82 Å². The molecule has 26 heavy (non-hydrogen) atoms. The number of aromatic hydroxyl groups is 1. The molecule has 1 atom stereocenters. The second-order valence-corrected chi connectivity index (χ2v) is 7.29. The molecule has 1 unspecified atom stereocenters. The average molecular weight is 393 g/mol. The lowest BCUT2D eigenvalue weighted by Crippen LogP contribution is -2.25. The van der Waals surface area contributed by atoms with E-state index in [1.165, 1.54) is 32.2 Å². The van der Waals surface area contributed by atoms with Gasteiger partial charge in [-0.1, -0.05) is 0 Å². The maximum Gasteiger partial charge on any atom is 0.501 e. The van der Waals surface area contributed by atoms with Crippen LogP contribution in [-0.2, 0) is 9.84 Å². The second-order valence-electron chi connectivity index (χ2n) is 5.38. The van der Waals surface area contributed by atoms with Crippen LogP contribution in [-0.4, -0.2) is 26.1 Å². The standard InChI is InChI=1S/C16H15F4NO4S/c1-9(12-8-11(25-2)4-6-14(12)22)21-13-5-3-10(17)7-15(13)26(23,24)16(18,19)20/h3-9,21-22H,1-2H3. The molecule has 2 aromatic carbocycles. The quantitative estimate of drug-likeness (QED) is 0.751. The summed E-state index contributed by atoms with van der Waals surface area (Å²) in [4.78, 5) is -1.24. The van der Waals surface area contributed by atoms with Crippen molar-refractivity contribution in [3.8, 4) is 11.5 Å². The van der Waals surface area contributed by atoms with Crippen LogP contribution in [0.5, 0.6) is 11.5 Å². The number of halogens is 4. The number of alkyl halides is 3. The first-order valence-corrected chi connectivity index (χ1v) is 8.70. The Kier molecular flexibility index (Phi) is 5.36. The molecular weight excluding hydrogens is 378 g/mol. The molecule has 10 heteroatoms. The zero-order valence-electron chi connectivity index (χ0n) is 13.6. The third-order valence-corrected chi connectivity index (χ3v) is 5.14. The SMILES string of the molecule is COc1ccc(O)c(C(C)Nc2ccc(F)cc2S(=O)(=O)C(F)(F)F)c1. The van der Waals surface area contributed by atoms with E-state index in [1.807, 2.05) is 0 Å². The summed E-state index contributed by atoms with van der Waals surface area (Å²) in [5.41, 5.74) is -5.78. The van der Waals surface area contributed by atoms with Crippen LogP contribution in [0.4, 0.5) is 23.2 Å². The fourth-order valence-electron chi connectivity index (χ4n) is 2.28. The zero-order valence-corrected chi connectivity index (χ0v) is 14.5. The van der Waals surface area contributed by atoms with Crippen LogP contribution in [0.25, 0.3) is 0 Å². The fourth-order valence-corrected chi connectivity index (χ4v) is 3.21. The fraction of sp³-hybridized carbons (Fsp3) is 0.250. The summed E-state index contributed by atoms with van der Waals surface area (Å²) in [5.74, 6) is -0.919. The van der Waals surface area contributed by atoms with Crippen LogP contribution in [0.3, 0.4) is 0 Å². The Bertz CT molecular complexity index is 913. The highest BCUT2D eigenvalue weighted by Crippen LogP contribution is 2.37. The number of anilines is 1. The summed E-state index contributed by atoms with van der Waals surface area (Å²) in [6.07, 6.45) is 0. The predicted molar refractivity (Wildman–Crippen MR) is 86.3 cm³/mol. The van der Waals surface area contributed by atoms with Gasteiger partial charge < -0.3 is 15.2 Å². The van der Waals surface area contributed by atoms with Gasteiger partial charge in [-0.3, -0.25) is 0 Å². The summed E-state index contributed by atoms with van der Waals surface area (Å²) < 4.78 is 80.4. The number of hydrogen-bond donors (Lipinski definition) is 2. The van der Waals surface area contributed by atoms with E-state index < -0.39 is 37.8 Å². The Morgan fingerprint density at radius 3 is 2.38 bits per heavy atom. The van der Waals surface area contributed by atoms with Crippen molar-refractivity contribution in [1.29, 1.82) is 0 Å². The largest absolute Gasteiger partial charge is 0.508 e. The molecule has 0 radical (unpaired) electrons. The van der Waals surface area contributed by atoms with Crippen molar-refractivity contribution in [2.24, 2.45) is 0 Å². The van der Waals surface area contributed by atoms with Crippen molar-refractivity contribution in [1.82, 2.24) is 0 Å². The maximum atomic E-state index is 13.4. The molecule has 0 saturated heterocycles. The molecular formula is C16H15F4NO4S. The van der Waals surface area contributed by atoms with Crippen LogP contribution in [0.1, 0.15) is 18.5 Å². The van der Waals surface area contributed by atoms with Crippen LogP contribution >= 0.6 is 0 Å². The van der Waals surface area contributed by atoms with E-state index in [2.05, 4.69) is 5.32 Å². The molecule has 0 amide bonds. The minimum Gasteiger partial charge on any atom is -0.508 e. The Morgan fingerprint density at radius 2 is 1.81 bits per heavy atom. The molecule has 0 aliphatic carbocycles. The monoisotopic (exact) mass is 393 g/mol. The average Bonchev–Trinajstić information content (AvgIpc) is 2.55. The van der Waals surface area contributed by atoms with Crippen molar-refractivity contribution in [2.75, 3.05) is 12.4 Å². The van der Waals surface area contributed by atoms with E-state index in [0.29, 0.717) is 11.8 Å². The molecule has 5 nitrogen and oxygen atoms in total. The molecule has 2 N–H and O–H groups in total. The molecule has 0 fully saturated rings. The van der Waals surface area contributed by atoms with Gasteiger partial charge in [-0.2, -0.15) is 13.2 Å². The van der Waals surface area contributed by atoms with E-state index in [-0.39, 0.29) is 11.3 Å². The van der Waals surface area contributed by atoms with Crippen molar-refractivity contribution in [3.63, 3.8) is 0 Å². The number of phenolic OH excluding ortho intramolecular Hbond substituents is 1. The van der Waals surface area contributed by atoms with E-state index in [1.54, 1.807) is 0 Å². The summed E-state index contributed by atoms with van der Waals surface area (Å²) in [6, 6.07) is 5.45. The molecule has 2 aromatic rings. The molecule has 142 valence electrons. The first-order chi connectivity index (χ1) is 12.0. The molecule has 0 saturated carbocycles. The topological polar surface area (TPSA) is 75.6 Å². The highest BCUT2D eigenvalue weighted by molar-refractivity contribution is 7.92. The van der Waals surface area contributed by atoms with Gasteiger partial charge in [0.25, 0.3) is 9.84 Å². The van der Waals surface area contributed by atoms with Gasteiger partial charge in [-0.05, 0) is 43.3 Å². The van der Waals surface area contributed by atoms with Crippen molar-refractivity contribution in [2.45, 2.75) is 23.4 Å². The van der Waals surface area contributed by atoms with E-state index in [4.69, 9.17) is 4.74 Å². The highest BCUT2D eigenvalue weighted by atomic mass is 32.2. The summed E-state index contributed by atoms with van der Waals surface area (Å²) in [7, 11) is -4.38. The van der Waals surface area contributed by atoms with Crippen molar-refractivity contribution < 1.29 is 35.8 Å². The third kappa shape index (κ3) is 3.85. The Labute approximate surface area is 147 Å². The van der Waals surface area contributed by atoms with Crippen molar-refractivity contribution in [3.05, 3.63) is 47.8 Å². The molecule has 0 aliphatic rings.